The molecule has 0 spiro atoms. The lowest BCUT2D eigenvalue weighted by Crippen LogP contribution is -2.19. The minimum absolute atomic E-state index is 0.0199. The molecule has 0 aliphatic rings. The molecule has 1 nitrogen and oxygen atoms in total. The molecule has 0 saturated heterocycles. The highest BCUT2D eigenvalue weighted by atomic mass is 16.5. The molecule has 0 rings (SSSR count). The number of ether oxygens (including phenoxy) is 1. The SMILES string of the molecule is CCC#CCCOC(C)(C)C. The van der Waals surface area contributed by atoms with Crippen LogP contribution in [0.3, 0.4) is 0 Å². The lowest BCUT2D eigenvalue weighted by molar-refractivity contribution is 0.000594. The van der Waals surface area contributed by atoms with Gasteiger partial charge in [0.25, 0.3) is 0 Å². The summed E-state index contributed by atoms with van der Waals surface area (Å²) in [4.78, 5) is 0. The average Bonchev–Trinajstić information content (AvgIpc) is 1.85. The van der Waals surface area contributed by atoms with Gasteiger partial charge in [0.15, 0.2) is 0 Å². The van der Waals surface area contributed by atoms with Crippen molar-refractivity contribution < 1.29 is 4.74 Å². The third kappa shape index (κ3) is 9.52. The van der Waals surface area contributed by atoms with Crippen LogP contribution < -0.4 is 0 Å². The molecule has 0 fully saturated rings. The Bertz CT molecular complexity index is 142. The van der Waals surface area contributed by atoms with Crippen LogP contribution >= 0.6 is 0 Å². The normalized spacial score (nSPS) is 10.5. The Labute approximate surface area is 70.1 Å². The molecule has 11 heavy (non-hydrogen) atoms. The molecule has 0 aromatic carbocycles. The fourth-order valence-corrected chi connectivity index (χ4v) is 0.622. The summed E-state index contributed by atoms with van der Waals surface area (Å²) in [5.41, 5.74) is -0.0199. The topological polar surface area (TPSA) is 9.23 Å². The summed E-state index contributed by atoms with van der Waals surface area (Å²) >= 11 is 0. The van der Waals surface area contributed by atoms with Gasteiger partial charge in [-0.15, -0.1) is 11.8 Å². The second-order valence-corrected chi connectivity index (χ2v) is 3.42. The maximum atomic E-state index is 5.47. The van der Waals surface area contributed by atoms with E-state index in [1.54, 1.807) is 0 Å². The van der Waals surface area contributed by atoms with Gasteiger partial charge < -0.3 is 4.74 Å². The quantitative estimate of drug-likeness (QED) is 0.439. The van der Waals surface area contributed by atoms with Crippen LogP contribution in [0.15, 0.2) is 0 Å². The zero-order valence-electron chi connectivity index (χ0n) is 8.03. The van der Waals surface area contributed by atoms with E-state index in [2.05, 4.69) is 39.5 Å². The van der Waals surface area contributed by atoms with E-state index >= 15 is 0 Å². The number of rotatable bonds is 2. The summed E-state index contributed by atoms with van der Waals surface area (Å²) in [6.07, 6.45) is 1.79. The van der Waals surface area contributed by atoms with Crippen LogP contribution in [0.4, 0.5) is 0 Å². The Morgan fingerprint density at radius 2 is 1.82 bits per heavy atom. The molecular formula is C10H18O. The third-order valence-electron chi connectivity index (χ3n) is 1.06. The fraction of sp³-hybridized carbons (Fsp3) is 0.800. The zero-order chi connectivity index (χ0) is 8.74. The molecule has 0 amide bonds. The van der Waals surface area contributed by atoms with Gasteiger partial charge in [-0.2, -0.15) is 0 Å². The first-order chi connectivity index (χ1) is 5.06. The van der Waals surface area contributed by atoms with Crippen molar-refractivity contribution in [2.45, 2.75) is 46.1 Å². The first-order valence-electron chi connectivity index (χ1n) is 4.16. The van der Waals surface area contributed by atoms with Crippen LogP contribution in [0, 0.1) is 11.8 Å². The molecule has 0 N–H and O–H groups in total. The minimum atomic E-state index is -0.0199. The summed E-state index contributed by atoms with van der Waals surface area (Å²) < 4.78 is 5.47. The van der Waals surface area contributed by atoms with Crippen LogP contribution in [0.25, 0.3) is 0 Å². The van der Waals surface area contributed by atoms with Gasteiger partial charge in [-0.05, 0) is 20.8 Å². The highest BCUT2D eigenvalue weighted by molar-refractivity contribution is 4.97. The molecule has 0 saturated carbocycles. The van der Waals surface area contributed by atoms with E-state index in [4.69, 9.17) is 4.74 Å². The predicted octanol–water partition coefficient (Wildman–Crippen LogP) is 2.61. The van der Waals surface area contributed by atoms with E-state index in [0.717, 1.165) is 19.4 Å². The molecule has 64 valence electrons. The standard InChI is InChI=1S/C10H18O/c1-5-6-7-8-9-11-10(2,3)4/h5,8-9H2,1-4H3. The van der Waals surface area contributed by atoms with Crippen LogP contribution in [-0.4, -0.2) is 12.2 Å². The monoisotopic (exact) mass is 154 g/mol. The maximum absolute atomic E-state index is 5.47. The van der Waals surface area contributed by atoms with E-state index < -0.39 is 0 Å². The third-order valence-corrected chi connectivity index (χ3v) is 1.06. The van der Waals surface area contributed by atoms with Gasteiger partial charge in [-0.1, -0.05) is 6.92 Å². The summed E-state index contributed by atoms with van der Waals surface area (Å²) in [5, 5.41) is 0. The Balaban J connectivity index is 3.28. The highest BCUT2D eigenvalue weighted by Gasteiger charge is 2.07. The van der Waals surface area contributed by atoms with Crippen LogP contribution in [0.5, 0.6) is 0 Å². The van der Waals surface area contributed by atoms with Crippen molar-refractivity contribution in [3.8, 4) is 11.8 Å². The maximum Gasteiger partial charge on any atom is 0.0598 e. The Kier molecular flexibility index (Phi) is 4.98. The van der Waals surface area contributed by atoms with Crippen molar-refractivity contribution in [3.63, 3.8) is 0 Å². The largest absolute Gasteiger partial charge is 0.375 e. The van der Waals surface area contributed by atoms with Crippen LogP contribution in [0.2, 0.25) is 0 Å². The molecular weight excluding hydrogens is 136 g/mol. The lowest BCUT2D eigenvalue weighted by Gasteiger charge is -2.18. The summed E-state index contributed by atoms with van der Waals surface area (Å²) in [5.74, 6) is 6.04. The van der Waals surface area contributed by atoms with E-state index in [9.17, 15) is 0 Å². The lowest BCUT2D eigenvalue weighted by atomic mass is 10.2. The highest BCUT2D eigenvalue weighted by Crippen LogP contribution is 2.06. The van der Waals surface area contributed by atoms with Gasteiger partial charge in [-0.25, -0.2) is 0 Å². The summed E-state index contributed by atoms with van der Waals surface area (Å²) in [7, 11) is 0. The second kappa shape index (κ2) is 5.21. The molecule has 0 aromatic heterocycles. The predicted molar refractivity (Wildman–Crippen MR) is 48.4 cm³/mol. The smallest absolute Gasteiger partial charge is 0.0598 e. The van der Waals surface area contributed by atoms with Crippen LogP contribution in [-0.2, 0) is 4.74 Å². The first kappa shape index (κ1) is 10.5. The van der Waals surface area contributed by atoms with E-state index in [0.29, 0.717) is 0 Å². The van der Waals surface area contributed by atoms with Gasteiger partial charge in [-0.3, -0.25) is 0 Å². The molecule has 0 bridgehead atoms. The molecule has 0 atom stereocenters. The van der Waals surface area contributed by atoms with Gasteiger partial charge in [0.05, 0.1) is 12.2 Å². The Hall–Kier alpha value is -0.480. The van der Waals surface area contributed by atoms with E-state index in [1.807, 2.05) is 0 Å². The van der Waals surface area contributed by atoms with Crippen molar-refractivity contribution in [2.75, 3.05) is 6.61 Å². The summed E-state index contributed by atoms with van der Waals surface area (Å²) in [6.45, 7) is 8.97. The first-order valence-corrected chi connectivity index (χ1v) is 4.16. The Morgan fingerprint density at radius 3 is 2.27 bits per heavy atom. The molecule has 0 aromatic rings. The average molecular weight is 154 g/mol. The molecule has 0 radical (unpaired) electrons. The molecule has 0 aliphatic heterocycles. The zero-order valence-corrected chi connectivity index (χ0v) is 8.03. The van der Waals surface area contributed by atoms with Gasteiger partial charge in [0, 0.05) is 12.8 Å². The van der Waals surface area contributed by atoms with Gasteiger partial charge in [0.1, 0.15) is 0 Å². The molecule has 1 heteroatoms. The second-order valence-electron chi connectivity index (χ2n) is 3.42. The van der Waals surface area contributed by atoms with Crippen molar-refractivity contribution in [1.82, 2.24) is 0 Å². The van der Waals surface area contributed by atoms with Crippen molar-refractivity contribution in [2.24, 2.45) is 0 Å². The van der Waals surface area contributed by atoms with Crippen molar-refractivity contribution in [3.05, 3.63) is 0 Å². The molecule has 0 aliphatic carbocycles. The van der Waals surface area contributed by atoms with Gasteiger partial charge in [0.2, 0.25) is 0 Å². The Morgan fingerprint density at radius 1 is 1.18 bits per heavy atom. The van der Waals surface area contributed by atoms with Crippen molar-refractivity contribution >= 4 is 0 Å². The van der Waals surface area contributed by atoms with E-state index in [1.165, 1.54) is 0 Å². The van der Waals surface area contributed by atoms with Crippen LogP contribution in [0.1, 0.15) is 40.5 Å². The number of hydrogen-bond acceptors (Lipinski definition) is 1. The van der Waals surface area contributed by atoms with E-state index in [-0.39, 0.29) is 5.60 Å². The molecule has 0 unspecified atom stereocenters. The van der Waals surface area contributed by atoms with Crippen molar-refractivity contribution in [1.29, 1.82) is 0 Å². The number of hydrogen-bond donors (Lipinski definition) is 0. The summed E-state index contributed by atoms with van der Waals surface area (Å²) in [6, 6.07) is 0. The minimum Gasteiger partial charge on any atom is -0.375 e. The fourth-order valence-electron chi connectivity index (χ4n) is 0.622. The molecule has 0 heterocycles. The van der Waals surface area contributed by atoms with Gasteiger partial charge >= 0.3 is 0 Å².